The van der Waals surface area contributed by atoms with Crippen molar-refractivity contribution in [2.24, 2.45) is 0 Å². The lowest BCUT2D eigenvalue weighted by Gasteiger charge is -2.04. The molecule has 7 heteroatoms. The average Bonchev–Trinajstić information content (AvgIpc) is 2.44. The second-order valence-corrected chi connectivity index (χ2v) is 5.49. The third-order valence-electron chi connectivity index (χ3n) is 2.32. The maximum atomic E-state index is 9.07. The van der Waals surface area contributed by atoms with Gasteiger partial charge in [0.05, 0.1) is 12.3 Å². The Labute approximate surface area is 120 Å². The summed E-state index contributed by atoms with van der Waals surface area (Å²) in [6.07, 6.45) is 3.64. The third-order valence-corrected chi connectivity index (χ3v) is 3.83. The SMILES string of the molecule is CSc1cc(N)nc(SCc2cc(CO)ccn2)n1. The van der Waals surface area contributed by atoms with Crippen molar-refractivity contribution in [3.8, 4) is 0 Å². The predicted octanol–water partition coefficient (Wildman–Crippen LogP) is 1.96. The van der Waals surface area contributed by atoms with E-state index in [0.29, 0.717) is 16.7 Å². The normalized spacial score (nSPS) is 10.6. The van der Waals surface area contributed by atoms with E-state index in [4.69, 9.17) is 10.8 Å². The van der Waals surface area contributed by atoms with Gasteiger partial charge in [-0.15, -0.1) is 11.8 Å². The van der Waals surface area contributed by atoms with Gasteiger partial charge in [0.2, 0.25) is 0 Å². The van der Waals surface area contributed by atoms with Crippen LogP contribution in [-0.2, 0) is 12.4 Å². The van der Waals surface area contributed by atoms with Crippen LogP contribution in [-0.4, -0.2) is 26.3 Å². The van der Waals surface area contributed by atoms with Crippen molar-refractivity contribution < 1.29 is 5.11 Å². The minimum absolute atomic E-state index is 0.0194. The van der Waals surface area contributed by atoms with E-state index >= 15 is 0 Å². The summed E-state index contributed by atoms with van der Waals surface area (Å²) in [6, 6.07) is 5.41. The molecule has 3 N–H and O–H groups in total. The smallest absolute Gasteiger partial charge is 0.190 e. The molecule has 0 amide bonds. The quantitative estimate of drug-likeness (QED) is 0.495. The van der Waals surface area contributed by atoms with Gasteiger partial charge in [-0.3, -0.25) is 4.98 Å². The van der Waals surface area contributed by atoms with Crippen molar-refractivity contribution in [3.63, 3.8) is 0 Å². The van der Waals surface area contributed by atoms with Crippen LogP contribution in [0.25, 0.3) is 0 Å². The van der Waals surface area contributed by atoms with Gasteiger partial charge < -0.3 is 10.8 Å². The molecule has 19 heavy (non-hydrogen) atoms. The number of hydrogen-bond acceptors (Lipinski definition) is 7. The summed E-state index contributed by atoms with van der Waals surface area (Å²) < 4.78 is 0. The monoisotopic (exact) mass is 294 g/mol. The molecule has 100 valence electrons. The highest BCUT2D eigenvalue weighted by molar-refractivity contribution is 7.99. The Morgan fingerprint density at radius 3 is 2.89 bits per heavy atom. The highest BCUT2D eigenvalue weighted by Gasteiger charge is 2.04. The number of nitrogens with zero attached hydrogens (tertiary/aromatic N) is 3. The van der Waals surface area contributed by atoms with Crippen LogP contribution in [0.3, 0.4) is 0 Å². The van der Waals surface area contributed by atoms with Crippen molar-refractivity contribution in [2.75, 3.05) is 12.0 Å². The number of hydrogen-bond donors (Lipinski definition) is 2. The van der Waals surface area contributed by atoms with Gasteiger partial charge in [-0.05, 0) is 24.0 Å². The van der Waals surface area contributed by atoms with E-state index in [1.165, 1.54) is 23.5 Å². The summed E-state index contributed by atoms with van der Waals surface area (Å²) in [5, 5.41) is 10.6. The van der Waals surface area contributed by atoms with Crippen molar-refractivity contribution >= 4 is 29.3 Å². The number of pyridine rings is 1. The highest BCUT2D eigenvalue weighted by atomic mass is 32.2. The summed E-state index contributed by atoms with van der Waals surface area (Å²) in [5.74, 6) is 1.12. The van der Waals surface area contributed by atoms with Crippen LogP contribution in [0.4, 0.5) is 5.82 Å². The first-order valence-electron chi connectivity index (χ1n) is 5.57. The highest BCUT2D eigenvalue weighted by Crippen LogP contribution is 2.22. The molecule has 0 unspecified atom stereocenters. The molecule has 2 heterocycles. The molecule has 0 saturated carbocycles. The molecule has 0 aromatic carbocycles. The van der Waals surface area contributed by atoms with E-state index in [0.717, 1.165) is 16.3 Å². The van der Waals surface area contributed by atoms with Crippen LogP contribution >= 0.6 is 23.5 Å². The molecule has 2 rings (SSSR count). The lowest BCUT2D eigenvalue weighted by molar-refractivity contribution is 0.281. The molecule has 0 fully saturated rings. The molecule has 0 saturated heterocycles. The number of aliphatic hydroxyl groups is 1. The summed E-state index contributed by atoms with van der Waals surface area (Å²) in [4.78, 5) is 12.8. The summed E-state index contributed by atoms with van der Waals surface area (Å²) in [5.41, 5.74) is 7.46. The maximum absolute atomic E-state index is 9.07. The van der Waals surface area contributed by atoms with Gasteiger partial charge in [0.1, 0.15) is 10.8 Å². The Hall–Kier alpha value is -1.31. The summed E-state index contributed by atoms with van der Waals surface area (Å²) >= 11 is 3.01. The van der Waals surface area contributed by atoms with Crippen molar-refractivity contribution in [1.82, 2.24) is 15.0 Å². The molecule has 5 nitrogen and oxygen atoms in total. The zero-order valence-corrected chi connectivity index (χ0v) is 12.0. The predicted molar refractivity (Wildman–Crippen MR) is 77.9 cm³/mol. The van der Waals surface area contributed by atoms with E-state index in [-0.39, 0.29) is 6.61 Å². The number of aromatic nitrogens is 3. The van der Waals surface area contributed by atoms with Crippen LogP contribution in [0.2, 0.25) is 0 Å². The Kier molecular flexibility index (Phi) is 5.00. The van der Waals surface area contributed by atoms with E-state index in [1.54, 1.807) is 18.3 Å². The topological polar surface area (TPSA) is 84.9 Å². The van der Waals surface area contributed by atoms with E-state index in [2.05, 4.69) is 15.0 Å². The lowest BCUT2D eigenvalue weighted by atomic mass is 10.2. The molecule has 2 aromatic heterocycles. The lowest BCUT2D eigenvalue weighted by Crippen LogP contribution is -1.97. The fraction of sp³-hybridized carbons (Fsp3) is 0.250. The molecule has 0 bridgehead atoms. The molecule has 0 aliphatic carbocycles. The fourth-order valence-electron chi connectivity index (χ4n) is 1.43. The van der Waals surface area contributed by atoms with Crippen molar-refractivity contribution in [2.45, 2.75) is 22.5 Å². The third kappa shape index (κ3) is 4.09. The van der Waals surface area contributed by atoms with Gasteiger partial charge in [-0.25, -0.2) is 9.97 Å². The zero-order chi connectivity index (χ0) is 13.7. The van der Waals surface area contributed by atoms with Gasteiger partial charge in [0.25, 0.3) is 0 Å². The van der Waals surface area contributed by atoms with Crippen LogP contribution in [0.15, 0.2) is 34.6 Å². The van der Waals surface area contributed by atoms with Gasteiger partial charge in [0, 0.05) is 18.0 Å². The Bertz CT molecular complexity index is 565. The number of aliphatic hydroxyl groups excluding tert-OH is 1. The number of nitrogens with two attached hydrogens (primary N) is 1. The van der Waals surface area contributed by atoms with Gasteiger partial charge >= 0.3 is 0 Å². The summed E-state index contributed by atoms with van der Waals surface area (Å²) in [7, 11) is 0. The first-order chi connectivity index (χ1) is 9.21. The molecule has 0 aliphatic heterocycles. The Morgan fingerprint density at radius 1 is 1.32 bits per heavy atom. The first-order valence-corrected chi connectivity index (χ1v) is 7.78. The van der Waals surface area contributed by atoms with Crippen LogP contribution in [0, 0.1) is 0 Å². The van der Waals surface area contributed by atoms with E-state index in [1.807, 2.05) is 12.3 Å². The van der Waals surface area contributed by atoms with Gasteiger partial charge in [-0.1, -0.05) is 11.8 Å². The molecule has 0 spiro atoms. The second-order valence-electron chi connectivity index (χ2n) is 3.72. The number of rotatable bonds is 5. The molecule has 0 atom stereocenters. The molecular weight excluding hydrogens is 280 g/mol. The van der Waals surface area contributed by atoms with Crippen LogP contribution in [0.5, 0.6) is 0 Å². The Morgan fingerprint density at radius 2 is 2.16 bits per heavy atom. The fourth-order valence-corrected chi connectivity index (χ4v) is 2.68. The first kappa shape index (κ1) is 14.1. The number of anilines is 1. The average molecular weight is 294 g/mol. The molecule has 0 radical (unpaired) electrons. The van der Waals surface area contributed by atoms with E-state index < -0.39 is 0 Å². The van der Waals surface area contributed by atoms with E-state index in [9.17, 15) is 0 Å². The Balaban J connectivity index is 2.07. The summed E-state index contributed by atoms with van der Waals surface area (Å²) in [6.45, 7) is 0.0194. The van der Waals surface area contributed by atoms with Crippen molar-refractivity contribution in [1.29, 1.82) is 0 Å². The zero-order valence-electron chi connectivity index (χ0n) is 10.4. The van der Waals surface area contributed by atoms with Gasteiger partial charge in [-0.2, -0.15) is 0 Å². The number of nitrogen functional groups attached to an aromatic ring is 1. The number of thioether (sulfide) groups is 2. The van der Waals surface area contributed by atoms with Crippen LogP contribution < -0.4 is 5.73 Å². The van der Waals surface area contributed by atoms with Crippen molar-refractivity contribution in [3.05, 3.63) is 35.7 Å². The molecule has 0 aliphatic rings. The van der Waals surface area contributed by atoms with Gasteiger partial charge in [0.15, 0.2) is 5.16 Å². The molecule has 2 aromatic rings. The van der Waals surface area contributed by atoms with Crippen LogP contribution in [0.1, 0.15) is 11.3 Å². The standard InChI is InChI=1S/C12H14N4OS2/c1-18-11-5-10(13)15-12(16-11)19-7-9-4-8(6-17)2-3-14-9/h2-5,17H,6-7H2,1H3,(H2,13,15,16). The second kappa shape index (κ2) is 6.74. The molecular formula is C12H14N4OS2. The minimum atomic E-state index is 0.0194. The largest absolute Gasteiger partial charge is 0.392 e. The maximum Gasteiger partial charge on any atom is 0.190 e. The minimum Gasteiger partial charge on any atom is -0.392 e.